The van der Waals surface area contributed by atoms with E-state index in [2.05, 4.69) is 64.9 Å². The van der Waals surface area contributed by atoms with E-state index in [9.17, 15) is 4.79 Å². The van der Waals surface area contributed by atoms with Gasteiger partial charge in [-0.3, -0.25) is 4.57 Å². The molecular weight excluding hydrogens is 394 g/mol. The number of imidazole rings is 1. The van der Waals surface area contributed by atoms with Crippen LogP contribution in [-0.4, -0.2) is 15.6 Å². The highest BCUT2D eigenvalue weighted by Crippen LogP contribution is 2.24. The van der Waals surface area contributed by atoms with E-state index < -0.39 is 0 Å². The average Bonchev–Trinajstić information content (AvgIpc) is 3.38. The molecule has 1 aliphatic rings. The Morgan fingerprint density at radius 3 is 2.30 bits per heavy atom. The minimum atomic E-state index is -0.127. The molecule has 1 heterocycles. The second-order valence-corrected chi connectivity index (χ2v) is 7.64. The zero-order valence-electron chi connectivity index (χ0n) is 16.5. The summed E-state index contributed by atoms with van der Waals surface area (Å²) in [4.78, 5) is 14.5. The molecule has 152 valence electrons. The first-order valence-electron chi connectivity index (χ1n) is 10.0. The van der Waals surface area contributed by atoms with Crippen molar-refractivity contribution in [1.29, 1.82) is 0 Å². The SMILES string of the molecule is Cl.O=c1[nH]ccn1-c1cccc(-c2ccc(CNC3Cc4ccccc4C3)cc2)c1. The van der Waals surface area contributed by atoms with E-state index in [4.69, 9.17) is 0 Å². The van der Waals surface area contributed by atoms with Crippen LogP contribution in [0.3, 0.4) is 0 Å². The Bertz CT molecular complexity index is 1170. The van der Waals surface area contributed by atoms with E-state index in [1.165, 1.54) is 16.7 Å². The van der Waals surface area contributed by atoms with E-state index in [1.54, 1.807) is 17.0 Å². The number of rotatable bonds is 5. The highest BCUT2D eigenvalue weighted by molar-refractivity contribution is 5.85. The van der Waals surface area contributed by atoms with Gasteiger partial charge in [-0.25, -0.2) is 4.79 Å². The minimum Gasteiger partial charge on any atom is -0.312 e. The van der Waals surface area contributed by atoms with Crippen molar-refractivity contribution in [2.45, 2.75) is 25.4 Å². The normalized spacial score (nSPS) is 13.1. The number of halogens is 1. The molecule has 0 aliphatic heterocycles. The monoisotopic (exact) mass is 417 g/mol. The summed E-state index contributed by atoms with van der Waals surface area (Å²) < 4.78 is 1.61. The molecule has 3 aromatic carbocycles. The van der Waals surface area contributed by atoms with Gasteiger partial charge in [-0.1, -0.05) is 60.7 Å². The van der Waals surface area contributed by atoms with Gasteiger partial charge in [0, 0.05) is 25.0 Å². The molecular formula is C25H24ClN3O. The Labute approximate surface area is 182 Å². The molecule has 5 rings (SSSR count). The number of H-pyrrole nitrogens is 1. The number of aromatic nitrogens is 2. The zero-order valence-corrected chi connectivity index (χ0v) is 17.4. The highest BCUT2D eigenvalue weighted by Gasteiger charge is 2.19. The largest absolute Gasteiger partial charge is 0.330 e. The quantitative estimate of drug-likeness (QED) is 0.502. The maximum absolute atomic E-state index is 11.9. The molecule has 0 spiro atoms. The van der Waals surface area contributed by atoms with Crippen molar-refractivity contribution in [1.82, 2.24) is 14.9 Å². The fourth-order valence-electron chi connectivity index (χ4n) is 4.14. The van der Waals surface area contributed by atoms with Crippen molar-refractivity contribution in [2.75, 3.05) is 0 Å². The van der Waals surface area contributed by atoms with Gasteiger partial charge in [0.25, 0.3) is 0 Å². The maximum Gasteiger partial charge on any atom is 0.330 e. The number of nitrogens with one attached hydrogen (secondary N) is 2. The predicted molar refractivity (Wildman–Crippen MR) is 124 cm³/mol. The summed E-state index contributed by atoms with van der Waals surface area (Å²) in [5.74, 6) is 0. The lowest BCUT2D eigenvalue weighted by atomic mass is 10.0. The van der Waals surface area contributed by atoms with Crippen molar-refractivity contribution >= 4 is 12.4 Å². The van der Waals surface area contributed by atoms with E-state index in [0.717, 1.165) is 36.2 Å². The molecule has 4 aromatic rings. The predicted octanol–water partition coefficient (Wildman–Crippen LogP) is 4.51. The number of fused-ring (bicyclic) bond motifs is 1. The van der Waals surface area contributed by atoms with Gasteiger partial charge in [-0.15, -0.1) is 12.4 Å². The summed E-state index contributed by atoms with van der Waals surface area (Å²) in [6, 6.07) is 25.9. The first-order valence-corrected chi connectivity index (χ1v) is 10.0. The minimum absolute atomic E-state index is 0. The van der Waals surface area contributed by atoms with Crippen LogP contribution in [0.4, 0.5) is 0 Å². The van der Waals surface area contributed by atoms with Gasteiger partial charge in [0.05, 0.1) is 5.69 Å². The fraction of sp³-hybridized carbons (Fsp3) is 0.160. The molecule has 5 heteroatoms. The van der Waals surface area contributed by atoms with Crippen molar-refractivity contribution in [3.63, 3.8) is 0 Å². The molecule has 4 nitrogen and oxygen atoms in total. The second kappa shape index (κ2) is 8.74. The Balaban J connectivity index is 0.00000218. The van der Waals surface area contributed by atoms with Crippen LogP contribution in [0, 0.1) is 0 Å². The smallest absolute Gasteiger partial charge is 0.312 e. The number of benzene rings is 3. The van der Waals surface area contributed by atoms with E-state index >= 15 is 0 Å². The molecule has 2 N–H and O–H groups in total. The average molecular weight is 418 g/mol. The number of hydrogen-bond acceptors (Lipinski definition) is 2. The van der Waals surface area contributed by atoms with Gasteiger partial charge in [0.1, 0.15) is 0 Å². The maximum atomic E-state index is 11.9. The summed E-state index contributed by atoms with van der Waals surface area (Å²) in [5.41, 5.74) is 7.21. The van der Waals surface area contributed by atoms with E-state index in [-0.39, 0.29) is 18.1 Å². The third-order valence-corrected chi connectivity index (χ3v) is 5.71. The lowest BCUT2D eigenvalue weighted by molar-refractivity contribution is 0.533. The van der Waals surface area contributed by atoms with E-state index in [0.29, 0.717) is 6.04 Å². The Hall–Kier alpha value is -3.08. The van der Waals surface area contributed by atoms with Crippen LogP contribution in [0.15, 0.2) is 90.0 Å². The van der Waals surface area contributed by atoms with Crippen LogP contribution in [0.1, 0.15) is 16.7 Å². The van der Waals surface area contributed by atoms with Gasteiger partial charge >= 0.3 is 5.69 Å². The molecule has 0 radical (unpaired) electrons. The third-order valence-electron chi connectivity index (χ3n) is 5.71. The van der Waals surface area contributed by atoms with Gasteiger partial charge in [-0.2, -0.15) is 0 Å². The second-order valence-electron chi connectivity index (χ2n) is 7.64. The molecule has 0 amide bonds. The summed E-state index contributed by atoms with van der Waals surface area (Å²) in [6.07, 6.45) is 5.62. The summed E-state index contributed by atoms with van der Waals surface area (Å²) >= 11 is 0. The molecule has 1 aromatic heterocycles. The molecule has 30 heavy (non-hydrogen) atoms. The zero-order chi connectivity index (χ0) is 19.6. The van der Waals surface area contributed by atoms with Crippen LogP contribution in [0.5, 0.6) is 0 Å². The van der Waals surface area contributed by atoms with Gasteiger partial charge in [-0.05, 0) is 52.8 Å². The van der Waals surface area contributed by atoms with Crippen molar-refractivity contribution in [3.05, 3.63) is 112 Å². The first kappa shape index (κ1) is 20.2. The summed E-state index contributed by atoms with van der Waals surface area (Å²) in [6.45, 7) is 0.873. The Morgan fingerprint density at radius 1 is 0.900 bits per heavy atom. The Kier molecular flexibility index (Phi) is 5.88. The Morgan fingerprint density at radius 2 is 1.63 bits per heavy atom. The fourth-order valence-corrected chi connectivity index (χ4v) is 4.14. The van der Waals surface area contributed by atoms with Gasteiger partial charge in [0.15, 0.2) is 0 Å². The molecule has 0 bridgehead atoms. The molecule has 1 aliphatic carbocycles. The topological polar surface area (TPSA) is 49.8 Å². The molecule has 0 fully saturated rings. The van der Waals surface area contributed by atoms with Gasteiger partial charge in [0.2, 0.25) is 0 Å². The van der Waals surface area contributed by atoms with Crippen LogP contribution >= 0.6 is 12.4 Å². The lowest BCUT2D eigenvalue weighted by Crippen LogP contribution is -2.28. The van der Waals surface area contributed by atoms with Crippen LogP contribution in [-0.2, 0) is 19.4 Å². The standard InChI is InChI=1S/C25H23N3O.ClH/c29-25-26-12-13-28(25)24-7-3-6-22(16-24)19-10-8-18(9-11-19)17-27-23-14-20-4-1-2-5-21(20)15-23;/h1-13,16,23,27H,14-15,17H2,(H,26,29);1H. The van der Waals surface area contributed by atoms with E-state index in [1.807, 2.05) is 18.2 Å². The van der Waals surface area contributed by atoms with Gasteiger partial charge < -0.3 is 10.3 Å². The highest BCUT2D eigenvalue weighted by atomic mass is 35.5. The van der Waals surface area contributed by atoms with Crippen molar-refractivity contribution in [3.8, 4) is 16.8 Å². The lowest BCUT2D eigenvalue weighted by Gasteiger charge is -2.12. The first-order chi connectivity index (χ1) is 14.3. The molecule has 0 saturated heterocycles. The molecule has 0 atom stereocenters. The van der Waals surface area contributed by atoms with Crippen LogP contribution in [0.2, 0.25) is 0 Å². The van der Waals surface area contributed by atoms with Crippen molar-refractivity contribution < 1.29 is 0 Å². The van der Waals surface area contributed by atoms with Crippen molar-refractivity contribution in [2.24, 2.45) is 0 Å². The summed E-state index contributed by atoms with van der Waals surface area (Å²) in [7, 11) is 0. The van der Waals surface area contributed by atoms with Crippen LogP contribution in [0.25, 0.3) is 16.8 Å². The third kappa shape index (κ3) is 4.11. The number of hydrogen-bond donors (Lipinski definition) is 2. The van der Waals surface area contributed by atoms with Crippen LogP contribution < -0.4 is 11.0 Å². The molecule has 0 unspecified atom stereocenters. The molecule has 0 saturated carbocycles. The number of aromatic amines is 1. The number of nitrogens with zero attached hydrogens (tertiary/aromatic N) is 1. The summed E-state index contributed by atoms with van der Waals surface area (Å²) in [5, 5.41) is 3.70.